The second-order valence-electron chi connectivity index (χ2n) is 3.27. The highest BCUT2D eigenvalue weighted by Gasteiger charge is 2.02. The topological polar surface area (TPSA) is 37.3 Å². The second kappa shape index (κ2) is 5.84. The van der Waals surface area contributed by atoms with Gasteiger partial charge < -0.3 is 5.11 Å². The van der Waals surface area contributed by atoms with Crippen molar-refractivity contribution in [1.29, 1.82) is 0 Å². The number of benzene rings is 1. The standard InChI is InChI=1S/C13H14O2/c1-2-11(9-6-10-13(14)15)12-7-4-3-5-8-12/h3-5,7-8H,1,6,9-10H2,(H,14,15). The Morgan fingerprint density at radius 2 is 1.93 bits per heavy atom. The summed E-state index contributed by atoms with van der Waals surface area (Å²) in [5.41, 5.74) is 4.92. The fourth-order valence-corrected chi connectivity index (χ4v) is 1.39. The zero-order valence-electron chi connectivity index (χ0n) is 8.57. The molecule has 78 valence electrons. The third-order valence-corrected chi connectivity index (χ3v) is 2.15. The number of allylic oxidation sites excluding steroid dienone is 1. The molecule has 2 heteroatoms. The number of aliphatic carboxylic acids is 1. The van der Waals surface area contributed by atoms with Crippen LogP contribution in [0.25, 0.3) is 5.57 Å². The quantitative estimate of drug-likeness (QED) is 0.745. The Morgan fingerprint density at radius 1 is 1.27 bits per heavy atom. The summed E-state index contributed by atoms with van der Waals surface area (Å²) in [7, 11) is 0. The van der Waals surface area contributed by atoms with Crippen molar-refractivity contribution in [1.82, 2.24) is 0 Å². The summed E-state index contributed by atoms with van der Waals surface area (Å²) < 4.78 is 0. The second-order valence-corrected chi connectivity index (χ2v) is 3.27. The van der Waals surface area contributed by atoms with Crippen molar-refractivity contribution in [3.8, 4) is 0 Å². The molecule has 15 heavy (non-hydrogen) atoms. The van der Waals surface area contributed by atoms with Gasteiger partial charge in [-0.1, -0.05) is 36.9 Å². The molecule has 0 aromatic heterocycles. The molecule has 0 saturated heterocycles. The minimum atomic E-state index is -0.758. The smallest absolute Gasteiger partial charge is 0.303 e. The van der Waals surface area contributed by atoms with E-state index in [9.17, 15) is 4.79 Å². The van der Waals surface area contributed by atoms with Crippen LogP contribution in [0.2, 0.25) is 0 Å². The van der Waals surface area contributed by atoms with E-state index >= 15 is 0 Å². The van der Waals surface area contributed by atoms with Gasteiger partial charge in [-0.2, -0.15) is 0 Å². The molecule has 1 rings (SSSR count). The van der Waals surface area contributed by atoms with Crippen LogP contribution in [0.15, 0.2) is 42.6 Å². The third kappa shape index (κ3) is 3.84. The van der Waals surface area contributed by atoms with Crippen molar-refractivity contribution in [2.24, 2.45) is 0 Å². The molecule has 0 heterocycles. The lowest BCUT2D eigenvalue weighted by Crippen LogP contribution is -1.94. The minimum Gasteiger partial charge on any atom is -0.481 e. The van der Waals surface area contributed by atoms with E-state index in [1.54, 1.807) is 0 Å². The molecule has 0 bridgehead atoms. The summed E-state index contributed by atoms with van der Waals surface area (Å²) in [5.74, 6) is -0.758. The van der Waals surface area contributed by atoms with Crippen molar-refractivity contribution in [3.63, 3.8) is 0 Å². The summed E-state index contributed by atoms with van der Waals surface area (Å²) >= 11 is 0. The number of carbonyl (C=O) groups is 1. The van der Waals surface area contributed by atoms with Gasteiger partial charge in [0, 0.05) is 12.0 Å². The van der Waals surface area contributed by atoms with Crippen LogP contribution < -0.4 is 0 Å². The van der Waals surface area contributed by atoms with Crippen LogP contribution in [0.3, 0.4) is 0 Å². The number of carboxylic acids is 1. The first-order valence-electron chi connectivity index (χ1n) is 4.90. The zero-order chi connectivity index (χ0) is 11.1. The maximum Gasteiger partial charge on any atom is 0.303 e. The normalized spacial score (nSPS) is 9.33. The first-order chi connectivity index (χ1) is 7.24. The fourth-order valence-electron chi connectivity index (χ4n) is 1.39. The maximum atomic E-state index is 10.4. The summed E-state index contributed by atoms with van der Waals surface area (Å²) in [6.07, 6.45) is 1.53. The molecule has 1 aromatic carbocycles. The zero-order valence-corrected chi connectivity index (χ0v) is 8.57. The van der Waals surface area contributed by atoms with Crippen LogP contribution in [0.1, 0.15) is 24.8 Å². The lowest BCUT2D eigenvalue weighted by atomic mass is 10.0. The Bertz CT molecular complexity index is 373. The molecule has 0 atom stereocenters. The van der Waals surface area contributed by atoms with Gasteiger partial charge in [0.2, 0.25) is 0 Å². The molecule has 0 radical (unpaired) electrons. The van der Waals surface area contributed by atoms with Gasteiger partial charge in [-0.25, -0.2) is 0 Å². The molecule has 0 amide bonds. The van der Waals surface area contributed by atoms with Gasteiger partial charge in [0.15, 0.2) is 0 Å². The van der Waals surface area contributed by atoms with Crippen molar-refractivity contribution < 1.29 is 9.90 Å². The Morgan fingerprint density at radius 3 is 2.47 bits per heavy atom. The predicted molar refractivity (Wildman–Crippen MR) is 60.5 cm³/mol. The molecule has 0 fully saturated rings. The van der Waals surface area contributed by atoms with E-state index in [0.717, 1.165) is 11.1 Å². The van der Waals surface area contributed by atoms with E-state index in [4.69, 9.17) is 5.11 Å². The average Bonchev–Trinajstić information content (AvgIpc) is 2.25. The van der Waals surface area contributed by atoms with Crippen molar-refractivity contribution in [2.75, 3.05) is 0 Å². The van der Waals surface area contributed by atoms with Gasteiger partial charge in [-0.05, 0) is 18.4 Å². The van der Waals surface area contributed by atoms with Gasteiger partial charge in [-0.15, -0.1) is 5.73 Å². The lowest BCUT2D eigenvalue weighted by molar-refractivity contribution is -0.137. The van der Waals surface area contributed by atoms with Crippen LogP contribution in [-0.4, -0.2) is 11.1 Å². The molecule has 0 aliphatic heterocycles. The first-order valence-corrected chi connectivity index (χ1v) is 4.90. The Balaban J connectivity index is 2.59. The summed E-state index contributed by atoms with van der Waals surface area (Å²) in [5, 5.41) is 8.52. The molecule has 1 N–H and O–H groups in total. The average molecular weight is 202 g/mol. The highest BCUT2D eigenvalue weighted by molar-refractivity contribution is 5.68. The number of hydrogen-bond donors (Lipinski definition) is 1. The number of carboxylic acid groups (broad SMARTS) is 1. The summed E-state index contributed by atoms with van der Waals surface area (Å²) in [6, 6.07) is 9.80. The molecular formula is C13H14O2. The number of hydrogen-bond acceptors (Lipinski definition) is 1. The molecule has 0 aliphatic carbocycles. The van der Waals surface area contributed by atoms with Gasteiger partial charge in [0.05, 0.1) is 0 Å². The number of rotatable bonds is 5. The van der Waals surface area contributed by atoms with Gasteiger partial charge >= 0.3 is 5.97 Å². The Hall–Kier alpha value is -1.79. The monoisotopic (exact) mass is 202 g/mol. The SMILES string of the molecule is C=C=C(CCCC(=O)O)c1ccccc1. The molecule has 0 spiro atoms. The first kappa shape index (κ1) is 11.3. The van der Waals surface area contributed by atoms with Crippen LogP contribution >= 0.6 is 0 Å². The van der Waals surface area contributed by atoms with Crippen LogP contribution in [0.5, 0.6) is 0 Å². The van der Waals surface area contributed by atoms with E-state index in [0.29, 0.717) is 12.8 Å². The van der Waals surface area contributed by atoms with E-state index in [-0.39, 0.29) is 6.42 Å². The van der Waals surface area contributed by atoms with Gasteiger partial charge in [0.25, 0.3) is 0 Å². The lowest BCUT2D eigenvalue weighted by Gasteiger charge is -2.03. The van der Waals surface area contributed by atoms with E-state index < -0.39 is 5.97 Å². The van der Waals surface area contributed by atoms with E-state index in [1.165, 1.54) is 0 Å². The highest BCUT2D eigenvalue weighted by atomic mass is 16.4. The van der Waals surface area contributed by atoms with Crippen molar-refractivity contribution in [2.45, 2.75) is 19.3 Å². The van der Waals surface area contributed by atoms with E-state index in [2.05, 4.69) is 12.3 Å². The summed E-state index contributed by atoms with van der Waals surface area (Å²) in [6.45, 7) is 3.63. The van der Waals surface area contributed by atoms with Crippen molar-refractivity contribution >= 4 is 11.5 Å². The molecule has 0 unspecified atom stereocenters. The molecule has 0 saturated carbocycles. The third-order valence-electron chi connectivity index (χ3n) is 2.15. The van der Waals surface area contributed by atoms with Crippen molar-refractivity contribution in [3.05, 3.63) is 48.2 Å². The molecule has 1 aromatic rings. The predicted octanol–water partition coefficient (Wildman–Crippen LogP) is 3.11. The Labute approximate surface area is 89.6 Å². The largest absolute Gasteiger partial charge is 0.481 e. The van der Waals surface area contributed by atoms with Crippen LogP contribution in [0.4, 0.5) is 0 Å². The Kier molecular flexibility index (Phi) is 4.39. The molecule has 2 nitrogen and oxygen atoms in total. The van der Waals surface area contributed by atoms with Crippen LogP contribution in [-0.2, 0) is 4.79 Å². The van der Waals surface area contributed by atoms with Crippen LogP contribution in [0, 0.1) is 0 Å². The van der Waals surface area contributed by atoms with Gasteiger partial charge in [-0.3, -0.25) is 4.79 Å². The highest BCUT2D eigenvalue weighted by Crippen LogP contribution is 2.18. The summed E-state index contributed by atoms with van der Waals surface area (Å²) in [4.78, 5) is 10.4. The minimum absolute atomic E-state index is 0.192. The molecule has 0 aliphatic rings. The van der Waals surface area contributed by atoms with E-state index in [1.807, 2.05) is 30.3 Å². The molecular weight excluding hydrogens is 188 g/mol. The fraction of sp³-hybridized carbons (Fsp3) is 0.231. The van der Waals surface area contributed by atoms with Gasteiger partial charge in [0.1, 0.15) is 0 Å². The maximum absolute atomic E-state index is 10.4.